The number of hydrogen-bond acceptors (Lipinski definition) is 9. The molecule has 12 nitrogen and oxygen atoms in total. The fourth-order valence-electron chi connectivity index (χ4n) is 6.16. The molecule has 264 valence electrons. The van der Waals surface area contributed by atoms with Gasteiger partial charge in [-0.3, -0.25) is 19.5 Å². The molecule has 2 aliphatic heterocycles. The van der Waals surface area contributed by atoms with Gasteiger partial charge in [0.1, 0.15) is 6.04 Å². The summed E-state index contributed by atoms with van der Waals surface area (Å²) in [5, 5.41) is 28.2. The molecule has 0 fully saturated rings. The van der Waals surface area contributed by atoms with Crippen LogP contribution in [0, 0.1) is 5.82 Å². The van der Waals surface area contributed by atoms with E-state index in [1.54, 1.807) is 23.1 Å². The molecule has 0 radical (unpaired) electrons. The Hall–Kier alpha value is -5.31. The highest BCUT2D eigenvalue weighted by Gasteiger charge is 2.40. The largest absolute Gasteiger partial charge is 0.478 e. The number of carboxylic acids is 1. The summed E-state index contributed by atoms with van der Waals surface area (Å²) in [5.74, 6) is -2.36. The number of benzene rings is 4. The van der Waals surface area contributed by atoms with E-state index < -0.39 is 30.0 Å². The number of likely N-dealkylation sites (N-methyl/N-ethyl adjacent to an activating group) is 1. The maximum atomic E-state index is 14.8. The first-order chi connectivity index (χ1) is 24.5. The normalized spacial score (nSPS) is 16.2. The summed E-state index contributed by atoms with van der Waals surface area (Å²) in [6, 6.07) is 22.3. The Balaban J connectivity index is 1.31. The number of nitrogens with zero attached hydrogens (tertiary/aromatic N) is 3. The molecule has 0 bridgehead atoms. The van der Waals surface area contributed by atoms with Crippen LogP contribution < -0.4 is 26.6 Å². The molecule has 14 heteroatoms. The lowest BCUT2D eigenvalue weighted by Crippen LogP contribution is -2.50. The van der Waals surface area contributed by atoms with Gasteiger partial charge in [0.15, 0.2) is 12.0 Å². The van der Waals surface area contributed by atoms with Crippen LogP contribution in [0.1, 0.15) is 37.9 Å². The molecule has 4 aromatic carbocycles. The predicted octanol–water partition coefficient (Wildman–Crippen LogP) is 4.36. The zero-order chi connectivity index (χ0) is 36.2. The number of aliphatic hydroxyl groups is 1. The Morgan fingerprint density at radius 1 is 1.00 bits per heavy atom. The molecular weight excluding hydrogens is 677 g/mol. The molecule has 6 rings (SSSR count). The van der Waals surface area contributed by atoms with Crippen molar-refractivity contribution in [3.63, 3.8) is 0 Å². The smallest absolute Gasteiger partial charge is 0.335 e. The van der Waals surface area contributed by atoms with Gasteiger partial charge in [0.05, 0.1) is 22.0 Å². The van der Waals surface area contributed by atoms with Gasteiger partial charge < -0.3 is 31.2 Å². The lowest BCUT2D eigenvalue weighted by molar-refractivity contribution is -0.126. The Morgan fingerprint density at radius 3 is 2.41 bits per heavy atom. The van der Waals surface area contributed by atoms with Crippen molar-refractivity contribution in [2.75, 3.05) is 44.1 Å². The van der Waals surface area contributed by atoms with Crippen molar-refractivity contribution in [1.29, 1.82) is 0 Å². The average Bonchev–Trinajstić information content (AvgIpc) is 3.62. The minimum Gasteiger partial charge on any atom is -0.478 e. The first kappa shape index (κ1) is 35.5. The molecule has 2 heterocycles. The van der Waals surface area contributed by atoms with E-state index in [2.05, 4.69) is 21.6 Å². The maximum Gasteiger partial charge on any atom is 0.335 e. The Labute approximate surface area is 299 Å². The summed E-state index contributed by atoms with van der Waals surface area (Å²) < 4.78 is 14.8. The van der Waals surface area contributed by atoms with Crippen LogP contribution in [0.2, 0.25) is 5.02 Å². The number of aromatic carboxylic acids is 1. The van der Waals surface area contributed by atoms with E-state index in [0.29, 0.717) is 29.8 Å². The highest BCUT2D eigenvalue weighted by Crippen LogP contribution is 2.39. The number of hydrazine groups is 2. The number of anilines is 2. The molecule has 4 aromatic rings. The molecule has 2 amide bonds. The van der Waals surface area contributed by atoms with E-state index in [1.165, 1.54) is 47.6 Å². The summed E-state index contributed by atoms with van der Waals surface area (Å²) in [4.78, 5) is 41.9. The fourth-order valence-corrected chi connectivity index (χ4v) is 6.33. The van der Waals surface area contributed by atoms with Crippen LogP contribution in [0.25, 0.3) is 11.1 Å². The SMILES string of the molecule is CN(C)CCNC(=O)c1ccc(-c2cccc3c2CCN(C(O)C2=CN(c4cccc(Cl)c4F)NN2)[C@H]3C(=O)Nc2ccc(C(=O)O)cc2)cc1. The second-order valence-corrected chi connectivity index (χ2v) is 12.8. The van der Waals surface area contributed by atoms with Crippen molar-refractivity contribution in [3.05, 3.63) is 130 Å². The third-order valence-corrected chi connectivity index (χ3v) is 9.07. The summed E-state index contributed by atoms with van der Waals surface area (Å²) in [5.41, 5.74) is 10.4. The van der Waals surface area contributed by atoms with Crippen molar-refractivity contribution in [3.8, 4) is 11.1 Å². The van der Waals surface area contributed by atoms with Gasteiger partial charge in [-0.1, -0.05) is 48.0 Å². The van der Waals surface area contributed by atoms with E-state index in [4.69, 9.17) is 11.6 Å². The van der Waals surface area contributed by atoms with Crippen LogP contribution in [-0.4, -0.2) is 77.8 Å². The van der Waals surface area contributed by atoms with Crippen LogP contribution in [0.4, 0.5) is 15.8 Å². The monoisotopic (exact) mass is 713 g/mol. The van der Waals surface area contributed by atoms with Crippen LogP contribution in [0.3, 0.4) is 0 Å². The maximum absolute atomic E-state index is 14.8. The number of aliphatic hydroxyl groups excluding tert-OH is 1. The van der Waals surface area contributed by atoms with Crippen molar-refractivity contribution < 1.29 is 29.0 Å². The Bertz CT molecular complexity index is 1970. The van der Waals surface area contributed by atoms with Crippen LogP contribution in [0.5, 0.6) is 0 Å². The summed E-state index contributed by atoms with van der Waals surface area (Å²) in [6.07, 6.45) is 0.625. The second kappa shape index (κ2) is 15.3. The molecular formula is C37H37ClFN7O5. The predicted molar refractivity (Wildman–Crippen MR) is 192 cm³/mol. The standard InChI is InChI=1S/C37H37ClFN7O5/c1-44(2)20-18-40-34(47)23-11-9-22(10-12-23)26-5-3-6-28-27(26)17-19-45(33(28)35(48)41-25-15-13-24(14-16-25)37(50)51)36(49)30-21-46(43-42-30)31-8-4-7-29(38)32(31)39/h3-16,21,33,36,42-43,49H,17-20H2,1-2H3,(H,40,47)(H,41,48)(H,50,51)/t33-,36?/m1/s1. The fraction of sp³-hybridized carbons (Fsp3) is 0.216. The number of carbonyl (C=O) groups is 3. The van der Waals surface area contributed by atoms with Crippen molar-refractivity contribution >= 4 is 40.8 Å². The third kappa shape index (κ3) is 7.72. The zero-order valence-electron chi connectivity index (χ0n) is 27.9. The number of carboxylic acid groups (broad SMARTS) is 1. The molecule has 51 heavy (non-hydrogen) atoms. The third-order valence-electron chi connectivity index (χ3n) is 8.78. The van der Waals surface area contributed by atoms with Crippen molar-refractivity contribution in [2.24, 2.45) is 0 Å². The molecule has 0 spiro atoms. The second-order valence-electron chi connectivity index (χ2n) is 12.4. The molecule has 2 aliphatic rings. The van der Waals surface area contributed by atoms with E-state index in [-0.39, 0.29) is 34.4 Å². The number of fused-ring (bicyclic) bond motifs is 1. The molecule has 6 N–H and O–H groups in total. The van der Waals surface area contributed by atoms with E-state index in [9.17, 15) is 29.0 Å². The Kier molecular flexibility index (Phi) is 10.6. The minimum atomic E-state index is -1.34. The number of rotatable bonds is 11. The average molecular weight is 714 g/mol. The van der Waals surface area contributed by atoms with E-state index in [1.807, 2.05) is 49.3 Å². The molecule has 0 aromatic heterocycles. The van der Waals surface area contributed by atoms with Gasteiger partial charge >= 0.3 is 5.97 Å². The Morgan fingerprint density at radius 2 is 1.71 bits per heavy atom. The topological polar surface area (TPSA) is 150 Å². The first-order valence-electron chi connectivity index (χ1n) is 16.2. The lowest BCUT2D eigenvalue weighted by atomic mass is 9.85. The zero-order valence-corrected chi connectivity index (χ0v) is 28.6. The summed E-state index contributed by atoms with van der Waals surface area (Å²) in [6.45, 7) is 1.50. The van der Waals surface area contributed by atoms with E-state index in [0.717, 1.165) is 23.2 Å². The summed E-state index contributed by atoms with van der Waals surface area (Å²) >= 11 is 5.99. The number of hydrogen-bond donors (Lipinski definition) is 6. The van der Waals surface area contributed by atoms with Gasteiger partial charge in [0.2, 0.25) is 5.91 Å². The molecule has 0 saturated heterocycles. The molecule has 2 atom stereocenters. The quantitative estimate of drug-likeness (QED) is 0.132. The van der Waals surface area contributed by atoms with Gasteiger partial charge in [-0.15, -0.1) is 5.53 Å². The molecule has 0 saturated carbocycles. The lowest BCUT2D eigenvalue weighted by Gasteiger charge is -2.40. The van der Waals surface area contributed by atoms with Crippen LogP contribution >= 0.6 is 11.6 Å². The van der Waals surface area contributed by atoms with Crippen molar-refractivity contribution in [1.82, 2.24) is 26.1 Å². The van der Waals surface area contributed by atoms with Gasteiger partial charge in [-0.25, -0.2) is 9.18 Å². The molecule has 1 unspecified atom stereocenters. The van der Waals surface area contributed by atoms with Gasteiger partial charge in [-0.05, 0) is 91.3 Å². The van der Waals surface area contributed by atoms with E-state index >= 15 is 0 Å². The number of carbonyl (C=O) groups excluding carboxylic acids is 2. The van der Waals surface area contributed by atoms with Crippen LogP contribution in [-0.2, 0) is 11.2 Å². The van der Waals surface area contributed by atoms with Gasteiger partial charge in [-0.2, -0.15) is 0 Å². The number of halogens is 2. The number of nitrogens with one attached hydrogen (secondary N) is 4. The highest BCUT2D eigenvalue weighted by atomic mass is 35.5. The molecule has 0 aliphatic carbocycles. The summed E-state index contributed by atoms with van der Waals surface area (Å²) in [7, 11) is 3.87. The van der Waals surface area contributed by atoms with Gasteiger partial charge in [0.25, 0.3) is 5.91 Å². The minimum absolute atomic E-state index is 0.0637. The highest BCUT2D eigenvalue weighted by molar-refractivity contribution is 6.31. The first-order valence-corrected chi connectivity index (χ1v) is 16.6. The van der Waals surface area contributed by atoms with Crippen LogP contribution in [0.15, 0.2) is 96.8 Å². The number of amides is 2. The van der Waals surface area contributed by atoms with Gasteiger partial charge in [0, 0.05) is 37.1 Å². The van der Waals surface area contributed by atoms with Crippen molar-refractivity contribution in [2.45, 2.75) is 18.7 Å².